The molecule has 1 aliphatic rings. The van der Waals surface area contributed by atoms with Crippen LogP contribution in [0.25, 0.3) is 11.0 Å². The summed E-state index contributed by atoms with van der Waals surface area (Å²) in [6.07, 6.45) is 3.00. The molecule has 4 aromatic rings. The molecule has 0 aliphatic carbocycles. The molecular formula is C22H17N3O5. The van der Waals surface area contributed by atoms with E-state index in [1.807, 2.05) is 24.3 Å². The van der Waals surface area contributed by atoms with Crippen LogP contribution in [0.15, 0.2) is 76.2 Å². The summed E-state index contributed by atoms with van der Waals surface area (Å²) in [5.41, 5.74) is 0.570. The van der Waals surface area contributed by atoms with Crippen LogP contribution in [-0.2, 0) is 6.54 Å². The normalized spacial score (nSPS) is 15.1. The summed E-state index contributed by atoms with van der Waals surface area (Å²) >= 11 is 0. The Labute approximate surface area is 170 Å². The Morgan fingerprint density at radius 1 is 1.13 bits per heavy atom. The Kier molecular flexibility index (Phi) is 4.44. The number of hydrogen-bond acceptors (Lipinski definition) is 6. The fourth-order valence-electron chi connectivity index (χ4n) is 3.30. The van der Waals surface area contributed by atoms with Gasteiger partial charge in [0.25, 0.3) is 5.91 Å². The number of benzene rings is 2. The lowest BCUT2D eigenvalue weighted by molar-refractivity contribution is 0.0759. The maximum atomic E-state index is 12.5. The van der Waals surface area contributed by atoms with Gasteiger partial charge in [0.1, 0.15) is 12.2 Å². The van der Waals surface area contributed by atoms with Crippen molar-refractivity contribution in [2.24, 2.45) is 0 Å². The molecule has 150 valence electrons. The number of anilines is 1. The van der Waals surface area contributed by atoms with E-state index in [9.17, 15) is 9.59 Å². The van der Waals surface area contributed by atoms with Gasteiger partial charge in [0.2, 0.25) is 0 Å². The fraction of sp³-hybridized carbons (Fsp3) is 0.136. The Balaban J connectivity index is 1.27. The van der Waals surface area contributed by atoms with Gasteiger partial charge in [0.15, 0.2) is 28.8 Å². The van der Waals surface area contributed by atoms with Gasteiger partial charge in [0.05, 0.1) is 23.8 Å². The van der Waals surface area contributed by atoms with E-state index in [4.69, 9.17) is 13.9 Å². The highest BCUT2D eigenvalue weighted by Crippen LogP contribution is 2.31. The Hall–Kier alpha value is -4.07. The third kappa shape index (κ3) is 3.50. The third-order valence-corrected chi connectivity index (χ3v) is 4.71. The number of nitrogens with zero attached hydrogens (tertiary/aromatic N) is 2. The molecule has 0 radical (unpaired) electrons. The van der Waals surface area contributed by atoms with Crippen LogP contribution in [0.1, 0.15) is 10.6 Å². The number of amides is 1. The minimum absolute atomic E-state index is 0.0629. The summed E-state index contributed by atoms with van der Waals surface area (Å²) in [4.78, 5) is 24.7. The topological polar surface area (TPSA) is 95.6 Å². The van der Waals surface area contributed by atoms with Crippen molar-refractivity contribution >= 4 is 22.6 Å². The van der Waals surface area contributed by atoms with Gasteiger partial charge in [-0.15, -0.1) is 0 Å². The number of fused-ring (bicyclic) bond motifs is 2. The molecule has 5 rings (SSSR count). The molecule has 1 atom stereocenters. The van der Waals surface area contributed by atoms with Crippen molar-refractivity contribution in [1.29, 1.82) is 0 Å². The molecule has 8 heteroatoms. The van der Waals surface area contributed by atoms with Crippen molar-refractivity contribution < 1.29 is 18.7 Å². The molecule has 2 aromatic heterocycles. The van der Waals surface area contributed by atoms with E-state index in [0.29, 0.717) is 35.6 Å². The van der Waals surface area contributed by atoms with Crippen LogP contribution >= 0.6 is 0 Å². The number of hydrogen-bond donors (Lipinski definition) is 1. The highest BCUT2D eigenvalue weighted by molar-refractivity contribution is 6.02. The van der Waals surface area contributed by atoms with Gasteiger partial charge in [-0.3, -0.25) is 14.3 Å². The molecule has 30 heavy (non-hydrogen) atoms. The van der Waals surface area contributed by atoms with Gasteiger partial charge in [-0.05, 0) is 24.3 Å². The smallest absolute Gasteiger partial charge is 0.291 e. The van der Waals surface area contributed by atoms with Crippen molar-refractivity contribution in [3.05, 3.63) is 83.0 Å². The Bertz CT molecular complexity index is 1290. The molecule has 0 saturated carbocycles. The molecule has 1 aliphatic heterocycles. The second-order valence-corrected chi connectivity index (χ2v) is 6.87. The molecular weight excluding hydrogens is 386 g/mol. The first-order valence-electron chi connectivity index (χ1n) is 9.41. The lowest BCUT2D eigenvalue weighted by Gasteiger charge is -2.26. The average Bonchev–Trinajstić information content (AvgIpc) is 3.20. The minimum Gasteiger partial charge on any atom is -0.486 e. The predicted molar refractivity (Wildman–Crippen MR) is 109 cm³/mol. The number of carbonyl (C=O) groups excluding carboxylic acids is 1. The number of aromatic nitrogens is 2. The molecule has 0 bridgehead atoms. The zero-order chi connectivity index (χ0) is 20.5. The standard InChI is InChI=1S/C22H17N3O5/c26-17-9-21(30-18-6-2-1-5-16(17)18)22(27)24-14-10-23-25(11-14)12-15-13-28-19-7-3-4-8-20(19)29-15/h1-11,15H,12-13H2,(H,24,27). The zero-order valence-electron chi connectivity index (χ0n) is 15.8. The molecule has 1 N–H and O–H groups in total. The first-order valence-corrected chi connectivity index (χ1v) is 9.41. The number of nitrogens with one attached hydrogen (secondary N) is 1. The number of rotatable bonds is 4. The summed E-state index contributed by atoms with van der Waals surface area (Å²) in [7, 11) is 0. The summed E-state index contributed by atoms with van der Waals surface area (Å²) in [5.74, 6) is 0.829. The maximum Gasteiger partial charge on any atom is 0.291 e. The Morgan fingerprint density at radius 3 is 2.83 bits per heavy atom. The van der Waals surface area contributed by atoms with E-state index in [-0.39, 0.29) is 17.3 Å². The Morgan fingerprint density at radius 2 is 1.93 bits per heavy atom. The van der Waals surface area contributed by atoms with E-state index < -0.39 is 5.91 Å². The molecule has 3 heterocycles. The van der Waals surface area contributed by atoms with Gasteiger partial charge in [-0.2, -0.15) is 5.10 Å². The number of ether oxygens (including phenoxy) is 2. The quantitative estimate of drug-likeness (QED) is 0.563. The summed E-state index contributed by atoms with van der Waals surface area (Å²) in [5, 5.41) is 7.38. The van der Waals surface area contributed by atoms with Crippen LogP contribution in [0, 0.1) is 0 Å². The van der Waals surface area contributed by atoms with Crippen LogP contribution in [0.2, 0.25) is 0 Å². The average molecular weight is 403 g/mol. The van der Waals surface area contributed by atoms with Crippen LogP contribution in [0.3, 0.4) is 0 Å². The van der Waals surface area contributed by atoms with Gasteiger partial charge in [0, 0.05) is 12.3 Å². The van der Waals surface area contributed by atoms with Gasteiger partial charge < -0.3 is 19.2 Å². The predicted octanol–water partition coefficient (Wildman–Crippen LogP) is 3.08. The largest absolute Gasteiger partial charge is 0.486 e. The zero-order valence-corrected chi connectivity index (χ0v) is 15.8. The maximum absolute atomic E-state index is 12.5. The second kappa shape index (κ2) is 7.40. The van der Waals surface area contributed by atoms with Gasteiger partial charge in [-0.25, -0.2) is 0 Å². The van der Waals surface area contributed by atoms with E-state index in [0.717, 1.165) is 5.75 Å². The first kappa shape index (κ1) is 18.0. The van der Waals surface area contributed by atoms with Crippen molar-refractivity contribution in [2.45, 2.75) is 12.6 Å². The van der Waals surface area contributed by atoms with E-state index in [1.165, 1.54) is 12.3 Å². The lowest BCUT2D eigenvalue weighted by Crippen LogP contribution is -2.33. The van der Waals surface area contributed by atoms with Crippen molar-refractivity contribution in [3.8, 4) is 11.5 Å². The molecule has 1 unspecified atom stereocenters. The molecule has 0 fully saturated rings. The van der Waals surface area contributed by atoms with Crippen LogP contribution < -0.4 is 20.2 Å². The lowest BCUT2D eigenvalue weighted by atomic mass is 10.2. The van der Waals surface area contributed by atoms with E-state index >= 15 is 0 Å². The summed E-state index contributed by atoms with van der Waals surface area (Å²) in [6, 6.07) is 15.5. The van der Waals surface area contributed by atoms with Gasteiger partial charge in [-0.1, -0.05) is 24.3 Å². The van der Waals surface area contributed by atoms with E-state index in [1.54, 1.807) is 35.1 Å². The monoisotopic (exact) mass is 403 g/mol. The van der Waals surface area contributed by atoms with Crippen molar-refractivity contribution in [2.75, 3.05) is 11.9 Å². The summed E-state index contributed by atoms with van der Waals surface area (Å²) in [6.45, 7) is 0.857. The molecule has 0 saturated heterocycles. The summed E-state index contributed by atoms with van der Waals surface area (Å²) < 4.78 is 18.9. The van der Waals surface area contributed by atoms with Crippen LogP contribution in [-0.4, -0.2) is 28.4 Å². The third-order valence-electron chi connectivity index (χ3n) is 4.71. The van der Waals surface area contributed by atoms with Crippen molar-refractivity contribution in [1.82, 2.24) is 9.78 Å². The van der Waals surface area contributed by atoms with Crippen LogP contribution in [0.5, 0.6) is 11.5 Å². The molecule has 1 amide bonds. The molecule has 0 spiro atoms. The first-order chi connectivity index (χ1) is 14.7. The number of para-hydroxylation sites is 3. The highest BCUT2D eigenvalue weighted by Gasteiger charge is 2.21. The minimum atomic E-state index is -0.524. The van der Waals surface area contributed by atoms with Crippen molar-refractivity contribution in [3.63, 3.8) is 0 Å². The van der Waals surface area contributed by atoms with Crippen LogP contribution in [0.4, 0.5) is 5.69 Å². The fourth-order valence-corrected chi connectivity index (χ4v) is 3.30. The van der Waals surface area contributed by atoms with Gasteiger partial charge >= 0.3 is 0 Å². The molecule has 2 aromatic carbocycles. The molecule has 8 nitrogen and oxygen atoms in total. The van der Waals surface area contributed by atoms with E-state index in [2.05, 4.69) is 10.4 Å². The second-order valence-electron chi connectivity index (χ2n) is 6.87. The number of carbonyl (C=O) groups is 1. The SMILES string of the molecule is O=C(Nc1cnn(CC2COc3ccccc3O2)c1)c1cc(=O)c2ccccc2o1. The highest BCUT2D eigenvalue weighted by atomic mass is 16.6.